The van der Waals surface area contributed by atoms with Crippen LogP contribution in [0.5, 0.6) is 5.75 Å². The number of anilines is 1. The first-order chi connectivity index (χ1) is 14.6. The van der Waals surface area contributed by atoms with Crippen LogP contribution in [0, 0.1) is 0 Å². The summed E-state index contributed by atoms with van der Waals surface area (Å²) < 4.78 is 6.08. The molecule has 3 aliphatic rings. The van der Waals surface area contributed by atoms with Gasteiger partial charge in [-0.2, -0.15) is 0 Å². The van der Waals surface area contributed by atoms with Crippen LogP contribution in [-0.2, 0) is 16.1 Å². The van der Waals surface area contributed by atoms with E-state index in [0.29, 0.717) is 5.56 Å². The van der Waals surface area contributed by atoms with Gasteiger partial charge in [0.25, 0.3) is 11.0 Å². The third kappa shape index (κ3) is 2.22. The summed E-state index contributed by atoms with van der Waals surface area (Å²) in [5.41, 5.74) is 11.3. The average molecular weight is 439 g/mol. The second-order valence-corrected chi connectivity index (χ2v) is 9.30. The number of rotatable bonds is 3. The smallest absolute Gasteiger partial charge is 0.283 e. The van der Waals surface area contributed by atoms with Gasteiger partial charge in [-0.3, -0.25) is 19.3 Å². The van der Waals surface area contributed by atoms with Gasteiger partial charge in [0.2, 0.25) is 17.2 Å². The van der Waals surface area contributed by atoms with Gasteiger partial charge in [0.15, 0.2) is 0 Å². The average Bonchev–Trinajstić information content (AvgIpc) is 3.27. The van der Waals surface area contributed by atoms with Crippen molar-refractivity contribution in [2.24, 2.45) is 5.73 Å². The zero-order valence-corrected chi connectivity index (χ0v) is 17.7. The number of hydrogen-bond donors (Lipinski definition) is 3. The number of fused-ring (bicyclic) bond motifs is 5. The number of nitrogen functional groups attached to an aromatic ring is 1. The van der Waals surface area contributed by atoms with Crippen LogP contribution in [0.1, 0.15) is 46.8 Å². The molecule has 0 saturated carbocycles. The Morgan fingerprint density at radius 1 is 1.26 bits per heavy atom. The van der Waals surface area contributed by atoms with E-state index in [1.165, 1.54) is 0 Å². The molecule has 31 heavy (non-hydrogen) atoms. The molecule has 0 radical (unpaired) electrons. The lowest BCUT2D eigenvalue weighted by Crippen LogP contribution is -2.64. The lowest BCUT2D eigenvalue weighted by atomic mass is 9.80. The van der Waals surface area contributed by atoms with Crippen molar-refractivity contribution in [1.29, 1.82) is 0 Å². The van der Waals surface area contributed by atoms with Crippen molar-refractivity contribution in [3.8, 4) is 5.75 Å². The van der Waals surface area contributed by atoms with E-state index in [2.05, 4.69) is 0 Å². The van der Waals surface area contributed by atoms with E-state index in [1.54, 1.807) is 30.3 Å². The number of carbonyl (C=O) groups excluding carboxylic acids is 3. The second kappa shape index (κ2) is 6.24. The van der Waals surface area contributed by atoms with E-state index in [9.17, 15) is 19.5 Å². The van der Waals surface area contributed by atoms with Gasteiger partial charge in [0.05, 0.1) is 5.56 Å². The third-order valence-electron chi connectivity index (χ3n) is 6.39. The molecule has 5 N–H and O–H groups in total. The first-order valence-electron chi connectivity index (χ1n) is 9.89. The van der Waals surface area contributed by atoms with Crippen LogP contribution in [0.4, 0.5) is 10.5 Å². The molecule has 160 valence electrons. The number of nitrogens with zero attached hydrogens (tertiary/aromatic N) is 1. The molecule has 5 rings (SSSR count). The SMILES string of the molecule is CC(C)c1ccc2c(c1)OC1(O)c3cccc(N)c3C(=O)C21N1C(=O)SC[C@H]1C(N)=O. The Labute approximate surface area is 182 Å². The number of aliphatic hydroxyl groups is 1. The molecule has 8 nitrogen and oxygen atoms in total. The Balaban J connectivity index is 1.86. The van der Waals surface area contributed by atoms with Crippen LogP contribution in [0.3, 0.4) is 0 Å². The number of hydrogen-bond acceptors (Lipinski definition) is 7. The summed E-state index contributed by atoms with van der Waals surface area (Å²) >= 11 is 0.875. The van der Waals surface area contributed by atoms with E-state index in [4.69, 9.17) is 16.2 Å². The summed E-state index contributed by atoms with van der Waals surface area (Å²) in [6, 6.07) is 8.86. The number of benzene rings is 2. The maximum atomic E-state index is 14.0. The van der Waals surface area contributed by atoms with Gasteiger partial charge in [0.1, 0.15) is 11.8 Å². The zero-order valence-electron chi connectivity index (χ0n) is 16.9. The highest BCUT2D eigenvalue weighted by Crippen LogP contribution is 2.63. The maximum Gasteiger partial charge on any atom is 0.283 e. The monoisotopic (exact) mass is 439 g/mol. The van der Waals surface area contributed by atoms with Crippen molar-refractivity contribution in [2.45, 2.75) is 37.1 Å². The fourth-order valence-corrected chi connectivity index (χ4v) is 5.93. The molecule has 2 amide bonds. The zero-order chi connectivity index (χ0) is 22.3. The summed E-state index contributed by atoms with van der Waals surface area (Å²) in [5.74, 6) is -3.09. The first kappa shape index (κ1) is 19.9. The predicted octanol–water partition coefficient (Wildman–Crippen LogP) is 2.04. The van der Waals surface area contributed by atoms with E-state index in [-0.39, 0.29) is 34.2 Å². The van der Waals surface area contributed by atoms with Gasteiger partial charge in [-0.05, 0) is 23.6 Å². The molecular weight excluding hydrogens is 418 g/mol. The lowest BCUT2D eigenvalue weighted by molar-refractivity contribution is -0.196. The highest BCUT2D eigenvalue weighted by Gasteiger charge is 2.76. The van der Waals surface area contributed by atoms with E-state index in [1.807, 2.05) is 19.9 Å². The summed E-state index contributed by atoms with van der Waals surface area (Å²) in [5, 5.41) is 11.5. The largest absolute Gasteiger partial charge is 0.454 e. The predicted molar refractivity (Wildman–Crippen MR) is 115 cm³/mol. The minimum absolute atomic E-state index is 0.0739. The van der Waals surface area contributed by atoms with Crippen LogP contribution >= 0.6 is 11.8 Å². The molecule has 0 spiro atoms. The molecule has 3 atom stereocenters. The van der Waals surface area contributed by atoms with Gasteiger partial charge in [-0.25, -0.2) is 0 Å². The van der Waals surface area contributed by atoms with Gasteiger partial charge in [-0.15, -0.1) is 0 Å². The molecule has 1 aliphatic carbocycles. The molecule has 2 aromatic carbocycles. The fourth-order valence-electron chi connectivity index (χ4n) is 4.91. The molecule has 2 unspecified atom stereocenters. The number of ketones is 1. The maximum absolute atomic E-state index is 14.0. The van der Waals surface area contributed by atoms with Crippen molar-refractivity contribution >= 4 is 34.4 Å². The Morgan fingerprint density at radius 2 is 2.00 bits per heavy atom. The number of thioether (sulfide) groups is 1. The van der Waals surface area contributed by atoms with Crippen LogP contribution in [0.15, 0.2) is 36.4 Å². The quantitative estimate of drug-likeness (QED) is 0.623. The second-order valence-electron chi connectivity index (χ2n) is 8.33. The van der Waals surface area contributed by atoms with Gasteiger partial charge >= 0.3 is 0 Å². The Morgan fingerprint density at radius 3 is 2.68 bits per heavy atom. The van der Waals surface area contributed by atoms with E-state index in [0.717, 1.165) is 22.2 Å². The number of ether oxygens (including phenoxy) is 1. The van der Waals surface area contributed by atoms with Gasteiger partial charge in [-0.1, -0.05) is 49.9 Å². The molecule has 1 saturated heterocycles. The van der Waals surface area contributed by atoms with Crippen molar-refractivity contribution in [1.82, 2.24) is 4.90 Å². The van der Waals surface area contributed by atoms with Crippen molar-refractivity contribution in [3.05, 3.63) is 58.7 Å². The highest BCUT2D eigenvalue weighted by atomic mass is 32.2. The number of amides is 2. The van der Waals surface area contributed by atoms with Crippen LogP contribution in [0.25, 0.3) is 0 Å². The molecule has 2 heterocycles. The van der Waals surface area contributed by atoms with Crippen LogP contribution < -0.4 is 16.2 Å². The number of primary amides is 1. The Hall–Kier alpha value is -3.04. The summed E-state index contributed by atoms with van der Waals surface area (Å²) in [6.07, 6.45) is 0. The molecule has 2 aliphatic heterocycles. The normalized spacial score (nSPS) is 28.5. The summed E-state index contributed by atoms with van der Waals surface area (Å²) in [4.78, 5) is 40.4. The number of carbonyl (C=O) groups is 3. The van der Waals surface area contributed by atoms with Crippen LogP contribution in [0.2, 0.25) is 0 Å². The Bertz CT molecular complexity index is 1180. The van der Waals surface area contributed by atoms with E-state index < -0.39 is 34.3 Å². The van der Waals surface area contributed by atoms with Crippen LogP contribution in [-0.4, -0.2) is 38.7 Å². The topological polar surface area (TPSA) is 136 Å². The molecule has 0 aromatic heterocycles. The number of Topliss-reactive ketones (excluding diaryl/α,β-unsaturated/α-hetero) is 1. The molecule has 1 fully saturated rings. The van der Waals surface area contributed by atoms with E-state index >= 15 is 0 Å². The molecule has 2 aromatic rings. The fraction of sp³-hybridized carbons (Fsp3) is 0.318. The highest BCUT2D eigenvalue weighted by molar-refractivity contribution is 8.13. The Kier molecular flexibility index (Phi) is 4.00. The first-order valence-corrected chi connectivity index (χ1v) is 10.9. The summed E-state index contributed by atoms with van der Waals surface area (Å²) in [6.45, 7) is 4.01. The molecule has 9 heteroatoms. The molecule has 0 bridgehead atoms. The lowest BCUT2D eigenvalue weighted by Gasteiger charge is -2.42. The molecular formula is C22H21N3O5S. The summed E-state index contributed by atoms with van der Waals surface area (Å²) in [7, 11) is 0. The van der Waals surface area contributed by atoms with Gasteiger partial charge < -0.3 is 21.3 Å². The third-order valence-corrected chi connectivity index (χ3v) is 7.32. The van der Waals surface area contributed by atoms with Gasteiger partial charge in [0, 0.05) is 22.6 Å². The van der Waals surface area contributed by atoms with Crippen molar-refractivity contribution < 1.29 is 24.2 Å². The minimum atomic E-state index is -2.25. The van der Waals surface area contributed by atoms with Crippen molar-refractivity contribution in [3.63, 3.8) is 0 Å². The number of nitrogens with two attached hydrogens (primary N) is 2. The minimum Gasteiger partial charge on any atom is -0.454 e. The standard InChI is InChI=1S/C22H21N3O5S/c1-10(2)11-6-7-12-16(8-11)30-22(29)13-4-3-5-14(23)17(13)18(26)21(12,22)25-15(19(24)27)9-31-20(25)28/h3-8,10,15,29H,9,23H2,1-2H3,(H2,24,27)/t15-,21?,22?/m0/s1. The van der Waals surface area contributed by atoms with Crippen molar-refractivity contribution in [2.75, 3.05) is 11.5 Å².